The van der Waals surface area contributed by atoms with Crippen molar-refractivity contribution in [2.24, 2.45) is 0 Å². The SMILES string of the molecule is Cc1ccncc1NC(=O)Cc1cc(Cl)cc(C2COC2)c1. The molecule has 0 aliphatic carbocycles. The zero-order chi connectivity index (χ0) is 15.5. The summed E-state index contributed by atoms with van der Waals surface area (Å²) in [5.41, 5.74) is 3.77. The van der Waals surface area contributed by atoms with Crippen LogP contribution >= 0.6 is 11.6 Å². The molecule has 0 saturated carbocycles. The van der Waals surface area contributed by atoms with Crippen molar-refractivity contribution in [1.29, 1.82) is 0 Å². The summed E-state index contributed by atoms with van der Waals surface area (Å²) >= 11 is 6.16. The molecule has 1 aliphatic heterocycles. The molecule has 0 unspecified atom stereocenters. The number of hydrogen-bond acceptors (Lipinski definition) is 3. The van der Waals surface area contributed by atoms with Crippen molar-refractivity contribution in [1.82, 2.24) is 4.98 Å². The fourth-order valence-electron chi connectivity index (χ4n) is 2.42. The standard InChI is InChI=1S/C17H17ClN2O2/c1-11-2-3-19-8-16(11)20-17(21)6-12-4-13(7-15(18)5-12)14-9-22-10-14/h2-5,7-8,14H,6,9-10H2,1H3,(H,20,21). The number of halogens is 1. The van der Waals surface area contributed by atoms with Crippen LogP contribution in [0.15, 0.2) is 36.7 Å². The van der Waals surface area contributed by atoms with Gasteiger partial charge in [0.1, 0.15) is 0 Å². The maximum Gasteiger partial charge on any atom is 0.228 e. The normalized spacial score (nSPS) is 14.5. The third-order valence-electron chi connectivity index (χ3n) is 3.77. The van der Waals surface area contributed by atoms with Gasteiger partial charge < -0.3 is 10.1 Å². The lowest BCUT2D eigenvalue weighted by Gasteiger charge is -2.26. The van der Waals surface area contributed by atoms with Crippen molar-refractivity contribution in [2.45, 2.75) is 19.3 Å². The first-order chi connectivity index (χ1) is 10.6. The molecule has 2 heterocycles. The molecule has 1 amide bonds. The molecule has 0 radical (unpaired) electrons. The second-order valence-electron chi connectivity index (χ2n) is 5.54. The van der Waals surface area contributed by atoms with Crippen LogP contribution in [0.25, 0.3) is 0 Å². The van der Waals surface area contributed by atoms with Gasteiger partial charge in [-0.05, 0) is 41.8 Å². The van der Waals surface area contributed by atoms with Crippen LogP contribution in [0.3, 0.4) is 0 Å². The Morgan fingerprint density at radius 1 is 1.41 bits per heavy atom. The quantitative estimate of drug-likeness (QED) is 0.941. The van der Waals surface area contributed by atoms with Gasteiger partial charge in [0.05, 0.1) is 31.5 Å². The first-order valence-corrected chi connectivity index (χ1v) is 7.57. The van der Waals surface area contributed by atoms with Crippen LogP contribution in [-0.2, 0) is 16.0 Å². The van der Waals surface area contributed by atoms with Crippen LogP contribution in [0, 0.1) is 6.92 Å². The number of anilines is 1. The van der Waals surface area contributed by atoms with Gasteiger partial charge >= 0.3 is 0 Å². The molecule has 114 valence electrons. The number of nitrogens with zero attached hydrogens (tertiary/aromatic N) is 1. The number of rotatable bonds is 4. The lowest BCUT2D eigenvalue weighted by Crippen LogP contribution is -2.25. The van der Waals surface area contributed by atoms with Crippen LogP contribution in [0.4, 0.5) is 5.69 Å². The van der Waals surface area contributed by atoms with Crippen molar-refractivity contribution < 1.29 is 9.53 Å². The predicted molar refractivity (Wildman–Crippen MR) is 86.3 cm³/mol. The molecule has 4 nitrogen and oxygen atoms in total. The van der Waals surface area contributed by atoms with E-state index in [0.29, 0.717) is 10.9 Å². The zero-order valence-electron chi connectivity index (χ0n) is 12.3. The summed E-state index contributed by atoms with van der Waals surface area (Å²) in [5, 5.41) is 3.54. The van der Waals surface area contributed by atoms with Crippen LogP contribution < -0.4 is 5.32 Å². The molecule has 3 rings (SSSR count). The summed E-state index contributed by atoms with van der Waals surface area (Å²) in [6.45, 7) is 3.38. The van der Waals surface area contributed by atoms with Gasteiger partial charge in [0.15, 0.2) is 0 Å². The maximum atomic E-state index is 12.2. The second kappa shape index (κ2) is 6.46. The summed E-state index contributed by atoms with van der Waals surface area (Å²) in [5.74, 6) is 0.315. The molecular formula is C17H17ClN2O2. The van der Waals surface area contributed by atoms with Gasteiger partial charge in [-0.25, -0.2) is 0 Å². The van der Waals surface area contributed by atoms with Crippen molar-refractivity contribution in [2.75, 3.05) is 18.5 Å². The Morgan fingerprint density at radius 2 is 2.23 bits per heavy atom. The smallest absolute Gasteiger partial charge is 0.228 e. The van der Waals surface area contributed by atoms with Crippen LogP contribution in [0.5, 0.6) is 0 Å². The number of hydrogen-bond donors (Lipinski definition) is 1. The predicted octanol–water partition coefficient (Wildman–Crippen LogP) is 3.34. The lowest BCUT2D eigenvalue weighted by molar-refractivity contribution is -0.115. The molecule has 0 spiro atoms. The van der Waals surface area contributed by atoms with E-state index in [4.69, 9.17) is 16.3 Å². The number of pyridine rings is 1. The van der Waals surface area contributed by atoms with E-state index in [1.54, 1.807) is 12.4 Å². The Kier molecular flexibility index (Phi) is 4.41. The van der Waals surface area contributed by atoms with E-state index in [0.717, 1.165) is 35.6 Å². The Bertz CT molecular complexity index is 699. The molecule has 1 saturated heterocycles. The van der Waals surface area contributed by atoms with E-state index in [-0.39, 0.29) is 12.3 Å². The average molecular weight is 317 g/mol. The van der Waals surface area contributed by atoms with Crippen molar-refractivity contribution in [3.63, 3.8) is 0 Å². The zero-order valence-corrected chi connectivity index (χ0v) is 13.1. The Morgan fingerprint density at radius 3 is 2.91 bits per heavy atom. The molecule has 22 heavy (non-hydrogen) atoms. The number of carbonyl (C=O) groups excluding carboxylic acids is 1. The summed E-state index contributed by atoms with van der Waals surface area (Å²) in [6.07, 6.45) is 3.65. The minimum Gasteiger partial charge on any atom is -0.380 e. The number of nitrogens with one attached hydrogen (secondary N) is 1. The van der Waals surface area contributed by atoms with Gasteiger partial charge in [-0.15, -0.1) is 0 Å². The molecule has 1 N–H and O–H groups in total. The summed E-state index contributed by atoms with van der Waals surface area (Å²) in [7, 11) is 0. The molecular weight excluding hydrogens is 300 g/mol. The number of aryl methyl sites for hydroxylation is 1. The third kappa shape index (κ3) is 3.46. The molecule has 1 fully saturated rings. The minimum atomic E-state index is -0.0748. The average Bonchev–Trinajstić information content (AvgIpc) is 2.38. The lowest BCUT2D eigenvalue weighted by atomic mass is 9.95. The molecule has 0 bridgehead atoms. The van der Waals surface area contributed by atoms with Gasteiger partial charge in [0, 0.05) is 17.1 Å². The van der Waals surface area contributed by atoms with E-state index < -0.39 is 0 Å². The topological polar surface area (TPSA) is 51.2 Å². The summed E-state index contributed by atoms with van der Waals surface area (Å²) in [6, 6.07) is 7.68. The van der Waals surface area contributed by atoms with Gasteiger partial charge in [-0.3, -0.25) is 9.78 Å². The largest absolute Gasteiger partial charge is 0.380 e. The summed E-state index contributed by atoms with van der Waals surface area (Å²) in [4.78, 5) is 16.2. The number of amides is 1. The van der Waals surface area contributed by atoms with Crippen LogP contribution in [-0.4, -0.2) is 24.1 Å². The van der Waals surface area contributed by atoms with E-state index in [2.05, 4.69) is 10.3 Å². The number of benzene rings is 1. The number of carbonyl (C=O) groups is 1. The van der Waals surface area contributed by atoms with E-state index in [9.17, 15) is 4.79 Å². The first kappa shape index (κ1) is 15.0. The van der Waals surface area contributed by atoms with Crippen molar-refractivity contribution in [3.05, 3.63) is 58.4 Å². The van der Waals surface area contributed by atoms with Crippen LogP contribution in [0.2, 0.25) is 5.02 Å². The highest BCUT2D eigenvalue weighted by atomic mass is 35.5. The molecule has 1 aromatic carbocycles. The minimum absolute atomic E-state index is 0.0748. The molecule has 0 atom stereocenters. The highest BCUT2D eigenvalue weighted by Gasteiger charge is 2.21. The summed E-state index contributed by atoms with van der Waals surface area (Å²) < 4.78 is 5.21. The maximum absolute atomic E-state index is 12.2. The highest BCUT2D eigenvalue weighted by Crippen LogP contribution is 2.27. The van der Waals surface area contributed by atoms with Crippen LogP contribution in [0.1, 0.15) is 22.6 Å². The Labute approximate surface area is 134 Å². The highest BCUT2D eigenvalue weighted by molar-refractivity contribution is 6.30. The van der Waals surface area contributed by atoms with Gasteiger partial charge in [-0.1, -0.05) is 17.7 Å². The van der Waals surface area contributed by atoms with Crippen molar-refractivity contribution in [3.8, 4) is 0 Å². The third-order valence-corrected chi connectivity index (χ3v) is 3.99. The van der Waals surface area contributed by atoms with Gasteiger partial charge in [0.25, 0.3) is 0 Å². The van der Waals surface area contributed by atoms with Gasteiger partial charge in [-0.2, -0.15) is 0 Å². The van der Waals surface area contributed by atoms with E-state index >= 15 is 0 Å². The fourth-order valence-corrected chi connectivity index (χ4v) is 2.68. The fraction of sp³-hybridized carbons (Fsp3) is 0.294. The van der Waals surface area contributed by atoms with E-state index in [1.807, 2.05) is 31.2 Å². The van der Waals surface area contributed by atoms with Crippen molar-refractivity contribution >= 4 is 23.2 Å². The number of aromatic nitrogens is 1. The molecule has 1 aliphatic rings. The Hall–Kier alpha value is -1.91. The number of ether oxygens (including phenoxy) is 1. The monoisotopic (exact) mass is 316 g/mol. The molecule has 5 heteroatoms. The second-order valence-corrected chi connectivity index (χ2v) is 5.98. The Balaban J connectivity index is 1.71. The first-order valence-electron chi connectivity index (χ1n) is 7.19. The van der Waals surface area contributed by atoms with Gasteiger partial charge in [0.2, 0.25) is 5.91 Å². The van der Waals surface area contributed by atoms with E-state index in [1.165, 1.54) is 0 Å². The molecule has 1 aromatic heterocycles. The molecule has 2 aromatic rings.